The molecule has 336 valence electrons. The smallest absolute Gasteiger partial charge is 0.257 e. The van der Waals surface area contributed by atoms with Crippen LogP contribution in [-0.2, 0) is 0 Å². The summed E-state index contributed by atoms with van der Waals surface area (Å²) in [5.41, 5.74) is 14.2. The standard InChI is InChI=1S/C56H47N7O3S2/c1-29-17-21-37(34(6)25-29)45-47(55-57-41-23-19-31(3)27-43(41)67-55)51(62-53(64)39-15-11-9-13-32(39)4)60-49(45)59-50-46(38-22-18-30(2)26-35(38)7)48(56-58-42-24-20-36(66-8)28-44(42)68-56)52(61-50)63-54(65)40-16-12-10-14-33(40)5/h9-28,60H,1-8H3,(H,62,64)(H,59,61,63,65). The maximum absolute atomic E-state index is 14.4. The summed E-state index contributed by atoms with van der Waals surface area (Å²) in [7, 11) is 1.64. The first-order valence-corrected chi connectivity index (χ1v) is 23.9. The molecular weight excluding hydrogens is 883 g/mol. The number of hydrogen-bond acceptors (Lipinski definition) is 8. The van der Waals surface area contributed by atoms with E-state index in [-0.39, 0.29) is 11.8 Å². The molecule has 2 amide bonds. The zero-order valence-electron chi connectivity index (χ0n) is 38.9. The molecule has 68 heavy (non-hydrogen) atoms. The molecule has 0 spiro atoms. The number of aryl methyl sites for hydroxylation is 7. The molecule has 0 saturated heterocycles. The maximum Gasteiger partial charge on any atom is 0.257 e. The summed E-state index contributed by atoms with van der Waals surface area (Å²) < 4.78 is 7.54. The summed E-state index contributed by atoms with van der Waals surface area (Å²) in [6.45, 7) is 14.2. The van der Waals surface area contributed by atoms with Crippen molar-refractivity contribution < 1.29 is 14.3 Å². The van der Waals surface area contributed by atoms with Crippen LogP contribution in [0.2, 0.25) is 0 Å². The molecule has 9 aromatic rings. The van der Waals surface area contributed by atoms with E-state index in [0.717, 1.165) is 76.1 Å². The quantitative estimate of drug-likeness (QED) is 0.133. The molecule has 0 bridgehead atoms. The van der Waals surface area contributed by atoms with Crippen LogP contribution in [0.5, 0.6) is 5.75 Å². The second kappa shape index (κ2) is 17.8. The molecule has 3 N–H and O–H groups in total. The second-order valence-corrected chi connectivity index (χ2v) is 19.3. The highest BCUT2D eigenvalue weighted by molar-refractivity contribution is 7.21. The Bertz CT molecular complexity index is 3640. The largest absolute Gasteiger partial charge is 0.497 e. The molecule has 0 unspecified atom stereocenters. The average Bonchev–Trinajstić information content (AvgIpc) is 4.09. The Morgan fingerprint density at radius 3 is 1.78 bits per heavy atom. The third kappa shape index (κ3) is 8.22. The number of benzene rings is 6. The van der Waals surface area contributed by atoms with Gasteiger partial charge in [-0.25, -0.2) is 20.0 Å². The van der Waals surface area contributed by atoms with Crippen LogP contribution < -0.4 is 15.4 Å². The fraction of sp³-hybridized carbons (Fsp3) is 0.143. The van der Waals surface area contributed by atoms with Gasteiger partial charge in [0.25, 0.3) is 11.8 Å². The number of amidine groups is 2. The molecule has 4 heterocycles. The first-order valence-electron chi connectivity index (χ1n) is 22.2. The van der Waals surface area contributed by atoms with Crippen molar-refractivity contribution in [3.63, 3.8) is 0 Å². The molecular formula is C56H47N7O3S2. The third-order valence-corrected chi connectivity index (χ3v) is 14.3. The number of fused-ring (bicyclic) bond motifs is 2. The van der Waals surface area contributed by atoms with Crippen LogP contribution >= 0.6 is 22.7 Å². The van der Waals surface area contributed by atoms with Crippen molar-refractivity contribution in [3.05, 3.63) is 182 Å². The van der Waals surface area contributed by atoms with Crippen LogP contribution in [0, 0.1) is 48.5 Å². The highest BCUT2D eigenvalue weighted by Crippen LogP contribution is 2.49. The van der Waals surface area contributed by atoms with Crippen LogP contribution in [0.1, 0.15) is 70.2 Å². The van der Waals surface area contributed by atoms with Crippen molar-refractivity contribution in [1.82, 2.24) is 20.3 Å². The number of H-pyrrole nitrogens is 1. The fourth-order valence-electron chi connectivity index (χ4n) is 8.81. The highest BCUT2D eigenvalue weighted by Gasteiger charge is 2.34. The molecule has 12 heteroatoms. The number of thiazole rings is 2. The van der Waals surface area contributed by atoms with Crippen LogP contribution in [0.3, 0.4) is 0 Å². The number of aromatic amines is 1. The number of methoxy groups -OCH3 is 1. The van der Waals surface area contributed by atoms with E-state index in [9.17, 15) is 9.59 Å². The molecule has 0 radical (unpaired) electrons. The molecule has 0 fully saturated rings. The number of amides is 2. The molecule has 0 atom stereocenters. The Morgan fingerprint density at radius 2 is 1.13 bits per heavy atom. The molecule has 0 saturated carbocycles. The number of hydrogen-bond donors (Lipinski definition) is 3. The third-order valence-electron chi connectivity index (χ3n) is 12.2. The van der Waals surface area contributed by atoms with E-state index in [1.54, 1.807) is 24.5 Å². The first-order chi connectivity index (χ1) is 32.8. The fourth-order valence-corrected chi connectivity index (χ4v) is 11.0. The lowest BCUT2D eigenvalue weighted by Crippen LogP contribution is -2.31. The van der Waals surface area contributed by atoms with Gasteiger partial charge >= 0.3 is 0 Å². The van der Waals surface area contributed by atoms with E-state index < -0.39 is 0 Å². The van der Waals surface area contributed by atoms with E-state index in [1.165, 1.54) is 11.3 Å². The van der Waals surface area contributed by atoms with Crippen molar-refractivity contribution in [3.8, 4) is 27.4 Å². The first kappa shape index (κ1) is 44.1. The lowest BCUT2D eigenvalue weighted by atomic mass is 9.94. The van der Waals surface area contributed by atoms with Gasteiger partial charge in [-0.05, 0) is 130 Å². The molecule has 3 aromatic heterocycles. The van der Waals surface area contributed by atoms with Gasteiger partial charge in [0, 0.05) is 22.3 Å². The average molecular weight is 930 g/mol. The Balaban J connectivity index is 1.28. The Hall–Kier alpha value is -7.80. The number of rotatable bonds is 9. The normalized spacial score (nSPS) is 13.2. The number of aromatic nitrogens is 3. The molecule has 1 aliphatic rings. The number of nitrogens with zero attached hydrogens (tertiary/aromatic N) is 4. The van der Waals surface area contributed by atoms with Gasteiger partial charge in [0.1, 0.15) is 33.2 Å². The van der Waals surface area contributed by atoms with Gasteiger partial charge in [-0.15, -0.1) is 22.7 Å². The topological polar surface area (TPSA) is 134 Å². The van der Waals surface area contributed by atoms with E-state index in [0.29, 0.717) is 66.9 Å². The molecule has 10 rings (SSSR count). The number of ether oxygens (including phenoxy) is 1. The minimum atomic E-state index is -0.311. The summed E-state index contributed by atoms with van der Waals surface area (Å²) in [6, 6.07) is 39.6. The van der Waals surface area contributed by atoms with E-state index in [4.69, 9.17) is 24.7 Å². The van der Waals surface area contributed by atoms with Crippen molar-refractivity contribution in [2.45, 2.75) is 48.5 Å². The van der Waals surface area contributed by atoms with E-state index in [2.05, 4.69) is 98.8 Å². The molecule has 10 nitrogen and oxygen atoms in total. The second-order valence-electron chi connectivity index (χ2n) is 17.3. The van der Waals surface area contributed by atoms with Gasteiger partial charge < -0.3 is 20.4 Å². The number of nitrogens with one attached hydrogen (secondary N) is 3. The maximum atomic E-state index is 14.4. The molecule has 6 aromatic carbocycles. The molecule has 1 aliphatic heterocycles. The van der Waals surface area contributed by atoms with Gasteiger partial charge in [0.15, 0.2) is 5.84 Å². The summed E-state index contributed by atoms with van der Waals surface area (Å²) in [5.74, 6) is 1.67. The summed E-state index contributed by atoms with van der Waals surface area (Å²) in [6.07, 6.45) is 0. The zero-order chi connectivity index (χ0) is 47.4. The van der Waals surface area contributed by atoms with Crippen molar-refractivity contribution in [2.75, 3.05) is 12.4 Å². The van der Waals surface area contributed by atoms with Gasteiger partial charge in [-0.3, -0.25) is 9.59 Å². The summed E-state index contributed by atoms with van der Waals surface area (Å²) in [4.78, 5) is 53.6. The summed E-state index contributed by atoms with van der Waals surface area (Å²) >= 11 is 3.04. The Kier molecular flexibility index (Phi) is 11.5. The number of carbonyl (C=O) groups excluding carboxylic acids is 2. The van der Waals surface area contributed by atoms with Crippen LogP contribution in [-0.4, -0.2) is 45.5 Å². The van der Waals surface area contributed by atoms with Gasteiger partial charge in [-0.1, -0.05) is 90.0 Å². The minimum Gasteiger partial charge on any atom is -0.497 e. The Morgan fingerprint density at radius 1 is 0.574 bits per heavy atom. The van der Waals surface area contributed by atoms with Crippen LogP contribution in [0.15, 0.2) is 131 Å². The number of anilines is 1. The van der Waals surface area contributed by atoms with E-state index >= 15 is 0 Å². The predicted octanol–water partition coefficient (Wildman–Crippen LogP) is 13.5. The van der Waals surface area contributed by atoms with E-state index in [1.807, 2.05) is 80.6 Å². The van der Waals surface area contributed by atoms with Crippen molar-refractivity contribution in [2.24, 2.45) is 9.98 Å². The minimum absolute atomic E-state index is 0.278. The Labute approximate surface area is 402 Å². The number of aliphatic imine (C=N–C) groups is 2. The van der Waals surface area contributed by atoms with Gasteiger partial charge in [0.05, 0.1) is 38.7 Å². The van der Waals surface area contributed by atoms with Crippen molar-refractivity contribution >= 4 is 89.4 Å². The lowest BCUT2D eigenvalue weighted by Gasteiger charge is -2.13. The van der Waals surface area contributed by atoms with Crippen molar-refractivity contribution in [1.29, 1.82) is 0 Å². The zero-order valence-corrected chi connectivity index (χ0v) is 40.5. The monoisotopic (exact) mass is 929 g/mol. The van der Waals surface area contributed by atoms with Crippen LogP contribution in [0.4, 0.5) is 11.6 Å². The molecule has 0 aliphatic carbocycles. The number of carbonyl (C=O) groups is 2. The summed E-state index contributed by atoms with van der Waals surface area (Å²) in [5, 5.41) is 7.83. The van der Waals surface area contributed by atoms with Gasteiger partial charge in [0.2, 0.25) is 0 Å². The highest BCUT2D eigenvalue weighted by atomic mass is 32.1. The van der Waals surface area contributed by atoms with Gasteiger partial charge in [-0.2, -0.15) is 0 Å². The SMILES string of the molecule is COc1ccc2nc(C3=C(c4ccc(C)cc4C)/C(=N/c4[nH]c(NC(=O)c5ccccc5C)c(-c5nc6ccc(C)cc6s5)c4-c4ccc(C)cc4C)N=C3NC(=O)c3ccccc3C)sc2c1. The predicted molar refractivity (Wildman–Crippen MR) is 280 cm³/mol. The van der Waals surface area contributed by atoms with Crippen LogP contribution in [0.25, 0.3) is 53.3 Å². The lowest BCUT2D eigenvalue weighted by molar-refractivity contribution is 0.0975.